The number of aromatic hydroxyl groups is 2. The van der Waals surface area contributed by atoms with Gasteiger partial charge in [0, 0.05) is 22.2 Å². The van der Waals surface area contributed by atoms with Crippen molar-refractivity contribution in [2.45, 2.75) is 5.92 Å². The van der Waals surface area contributed by atoms with Crippen LogP contribution in [0.5, 0.6) is 17.2 Å². The summed E-state index contributed by atoms with van der Waals surface area (Å²) in [7, 11) is 0. The maximum atomic E-state index is 10.2. The first kappa shape index (κ1) is 14.3. The minimum Gasteiger partial charge on any atom is -0.508 e. The highest BCUT2D eigenvalue weighted by Crippen LogP contribution is 2.48. The second-order valence-corrected chi connectivity index (χ2v) is 5.77. The van der Waals surface area contributed by atoms with E-state index in [1.165, 1.54) is 12.1 Å². The molecule has 110 valence electrons. The fourth-order valence-corrected chi connectivity index (χ4v) is 2.99. The van der Waals surface area contributed by atoms with Crippen molar-refractivity contribution < 1.29 is 14.9 Å². The summed E-state index contributed by atoms with van der Waals surface area (Å²) in [6.07, 6.45) is 0. The van der Waals surface area contributed by atoms with Gasteiger partial charge in [-0.2, -0.15) is 5.26 Å². The molecule has 0 radical (unpaired) electrons. The molecule has 1 heterocycles. The van der Waals surface area contributed by atoms with Crippen molar-refractivity contribution >= 4 is 15.9 Å². The van der Waals surface area contributed by atoms with Gasteiger partial charge in [-0.3, -0.25) is 0 Å². The van der Waals surface area contributed by atoms with E-state index < -0.39 is 5.92 Å². The van der Waals surface area contributed by atoms with Crippen LogP contribution in [0.15, 0.2) is 52.3 Å². The molecule has 0 aromatic heterocycles. The van der Waals surface area contributed by atoms with E-state index in [1.54, 1.807) is 0 Å². The van der Waals surface area contributed by atoms with Gasteiger partial charge in [-0.25, -0.2) is 0 Å². The molecule has 2 aromatic rings. The Kier molecular flexibility index (Phi) is 3.43. The van der Waals surface area contributed by atoms with Crippen molar-refractivity contribution in [2.75, 3.05) is 0 Å². The van der Waals surface area contributed by atoms with Gasteiger partial charge in [0.05, 0.1) is 5.92 Å². The molecule has 0 saturated heterocycles. The molecule has 3 rings (SSSR count). The van der Waals surface area contributed by atoms with Gasteiger partial charge in [-0.1, -0.05) is 28.1 Å². The summed E-state index contributed by atoms with van der Waals surface area (Å²) >= 11 is 3.39. The molecule has 6 heteroatoms. The molecule has 1 aliphatic heterocycles. The summed E-state index contributed by atoms with van der Waals surface area (Å²) in [6, 6.07) is 12.0. The number of halogens is 1. The molecular formula is C16H11BrN2O3. The molecule has 2 aromatic carbocycles. The predicted molar refractivity (Wildman–Crippen MR) is 83.2 cm³/mol. The Labute approximate surface area is 135 Å². The molecule has 0 aliphatic carbocycles. The largest absolute Gasteiger partial charge is 0.508 e. The van der Waals surface area contributed by atoms with E-state index in [0.717, 1.165) is 10.0 Å². The Balaban J connectivity index is 2.30. The van der Waals surface area contributed by atoms with Crippen LogP contribution in [-0.4, -0.2) is 10.2 Å². The van der Waals surface area contributed by atoms with Crippen molar-refractivity contribution in [3.05, 3.63) is 63.5 Å². The predicted octanol–water partition coefficient (Wildman–Crippen LogP) is 3.08. The summed E-state index contributed by atoms with van der Waals surface area (Å²) in [6.45, 7) is 0. The van der Waals surface area contributed by atoms with Crippen LogP contribution in [0.1, 0.15) is 17.0 Å². The minimum absolute atomic E-state index is 0.0371. The summed E-state index contributed by atoms with van der Waals surface area (Å²) in [5.41, 5.74) is 7.23. The van der Waals surface area contributed by atoms with Gasteiger partial charge in [0.2, 0.25) is 5.88 Å². The highest BCUT2D eigenvalue weighted by molar-refractivity contribution is 9.10. The Hall–Kier alpha value is -2.65. The van der Waals surface area contributed by atoms with Crippen LogP contribution in [-0.2, 0) is 0 Å². The van der Waals surface area contributed by atoms with E-state index >= 15 is 0 Å². The molecule has 1 atom stereocenters. The van der Waals surface area contributed by atoms with Crippen LogP contribution in [0.4, 0.5) is 0 Å². The molecule has 0 fully saturated rings. The highest BCUT2D eigenvalue weighted by atomic mass is 79.9. The maximum absolute atomic E-state index is 10.2. The summed E-state index contributed by atoms with van der Waals surface area (Å²) in [5, 5.41) is 29.2. The molecule has 22 heavy (non-hydrogen) atoms. The normalized spacial score (nSPS) is 16.6. The number of phenolic OH excluding ortho intramolecular Hbond substituents is 2. The topological polar surface area (TPSA) is 99.5 Å². The van der Waals surface area contributed by atoms with Gasteiger partial charge in [-0.15, -0.1) is 0 Å². The molecule has 0 amide bonds. The second kappa shape index (κ2) is 5.28. The number of ether oxygens (including phenoxy) is 1. The summed E-state index contributed by atoms with van der Waals surface area (Å²) in [5.74, 6) is -0.659. The van der Waals surface area contributed by atoms with Crippen molar-refractivity contribution in [3.63, 3.8) is 0 Å². The lowest BCUT2D eigenvalue weighted by Gasteiger charge is -2.27. The zero-order valence-electron chi connectivity index (χ0n) is 11.2. The Morgan fingerprint density at radius 2 is 2.00 bits per heavy atom. The standard InChI is InChI=1S/C16H11BrN2O3/c17-9-3-1-2-8(4-9)14-11(7-18)16(19)22-13-6-10(20)5-12(21)15(13)14/h1-6,14,20-21H,19H2/t14-/m1/s1. The van der Waals surface area contributed by atoms with E-state index in [0.29, 0.717) is 5.56 Å². The van der Waals surface area contributed by atoms with Gasteiger partial charge in [-0.05, 0) is 17.7 Å². The lowest BCUT2D eigenvalue weighted by Crippen LogP contribution is -2.21. The third-order valence-corrected chi connectivity index (χ3v) is 3.96. The highest BCUT2D eigenvalue weighted by Gasteiger charge is 2.33. The third-order valence-electron chi connectivity index (χ3n) is 3.47. The monoisotopic (exact) mass is 358 g/mol. The van der Waals surface area contributed by atoms with E-state index in [2.05, 4.69) is 15.9 Å². The zero-order chi connectivity index (χ0) is 15.9. The fraction of sp³-hybridized carbons (Fsp3) is 0.0625. The molecular weight excluding hydrogens is 348 g/mol. The smallest absolute Gasteiger partial charge is 0.205 e. The number of benzene rings is 2. The van der Waals surface area contributed by atoms with Gasteiger partial charge in [0.1, 0.15) is 28.9 Å². The van der Waals surface area contributed by atoms with Crippen molar-refractivity contribution in [1.29, 1.82) is 5.26 Å². The molecule has 1 aliphatic rings. The molecule has 4 N–H and O–H groups in total. The van der Waals surface area contributed by atoms with Crippen LogP contribution in [0.2, 0.25) is 0 Å². The number of hydrogen-bond donors (Lipinski definition) is 3. The van der Waals surface area contributed by atoms with Gasteiger partial charge >= 0.3 is 0 Å². The minimum atomic E-state index is -0.563. The molecule has 0 bridgehead atoms. The second-order valence-electron chi connectivity index (χ2n) is 4.86. The SMILES string of the molecule is N#CC1=C(N)Oc2cc(O)cc(O)c2[C@@H]1c1cccc(Br)c1. The van der Waals surface area contributed by atoms with Crippen LogP contribution in [0, 0.1) is 11.3 Å². The van der Waals surface area contributed by atoms with Crippen molar-refractivity contribution in [3.8, 4) is 23.3 Å². The van der Waals surface area contributed by atoms with E-state index in [9.17, 15) is 15.5 Å². The average Bonchev–Trinajstić information content (AvgIpc) is 2.45. The fourth-order valence-electron chi connectivity index (χ4n) is 2.57. The number of nitrogens with zero attached hydrogens (tertiary/aromatic N) is 1. The van der Waals surface area contributed by atoms with E-state index in [4.69, 9.17) is 10.5 Å². The third kappa shape index (κ3) is 2.26. The summed E-state index contributed by atoms with van der Waals surface area (Å²) < 4.78 is 6.22. The number of hydrogen-bond acceptors (Lipinski definition) is 5. The molecule has 0 unspecified atom stereocenters. The number of phenols is 2. The first-order valence-corrected chi connectivity index (χ1v) is 7.19. The van der Waals surface area contributed by atoms with E-state index in [-0.39, 0.29) is 28.7 Å². The zero-order valence-corrected chi connectivity index (χ0v) is 12.8. The van der Waals surface area contributed by atoms with Gasteiger partial charge in [0.25, 0.3) is 0 Å². The Bertz CT molecular complexity index is 840. The van der Waals surface area contributed by atoms with Crippen molar-refractivity contribution in [2.24, 2.45) is 5.73 Å². The Morgan fingerprint density at radius 3 is 2.68 bits per heavy atom. The molecule has 0 saturated carbocycles. The lowest BCUT2D eigenvalue weighted by atomic mass is 9.83. The van der Waals surface area contributed by atoms with Crippen LogP contribution >= 0.6 is 15.9 Å². The number of fused-ring (bicyclic) bond motifs is 1. The maximum Gasteiger partial charge on any atom is 0.205 e. The van der Waals surface area contributed by atoms with E-state index in [1.807, 2.05) is 30.3 Å². The summed E-state index contributed by atoms with van der Waals surface area (Å²) in [4.78, 5) is 0. The quantitative estimate of drug-likeness (QED) is 0.727. The van der Waals surface area contributed by atoms with Crippen molar-refractivity contribution in [1.82, 2.24) is 0 Å². The van der Waals surface area contributed by atoms with Crippen LogP contribution < -0.4 is 10.5 Å². The molecule has 0 spiro atoms. The number of nitriles is 1. The lowest BCUT2D eigenvalue weighted by molar-refractivity contribution is 0.375. The van der Waals surface area contributed by atoms with Gasteiger partial charge in [0.15, 0.2) is 0 Å². The first-order valence-electron chi connectivity index (χ1n) is 6.40. The van der Waals surface area contributed by atoms with Gasteiger partial charge < -0.3 is 20.7 Å². The molecule has 5 nitrogen and oxygen atoms in total. The number of rotatable bonds is 1. The number of nitrogens with two attached hydrogens (primary N) is 1. The number of allylic oxidation sites excluding steroid dienone is 1. The van der Waals surface area contributed by atoms with Crippen LogP contribution in [0.3, 0.4) is 0 Å². The Morgan fingerprint density at radius 1 is 1.23 bits per heavy atom. The average molecular weight is 359 g/mol. The first-order chi connectivity index (χ1) is 10.5. The van der Waals surface area contributed by atoms with Crippen LogP contribution in [0.25, 0.3) is 0 Å².